The van der Waals surface area contributed by atoms with Crippen LogP contribution in [-0.2, 0) is 0 Å². The molecule has 1 nitrogen and oxygen atoms in total. The Morgan fingerprint density at radius 2 is 2.00 bits per heavy atom. The van der Waals surface area contributed by atoms with E-state index in [1.165, 1.54) is 18.9 Å². The van der Waals surface area contributed by atoms with E-state index in [0.29, 0.717) is 22.6 Å². The first kappa shape index (κ1) is 14.5. The van der Waals surface area contributed by atoms with Crippen molar-refractivity contribution in [3.63, 3.8) is 0 Å². The molecular formula is C14H20ClFO. The Labute approximate surface area is 108 Å². The van der Waals surface area contributed by atoms with E-state index in [0.717, 1.165) is 12.8 Å². The van der Waals surface area contributed by atoms with Crippen LogP contribution in [0.2, 0.25) is 5.02 Å². The minimum absolute atomic E-state index is 0.316. The maximum absolute atomic E-state index is 13.2. The van der Waals surface area contributed by atoms with Crippen molar-refractivity contribution in [3.05, 3.63) is 34.1 Å². The summed E-state index contributed by atoms with van der Waals surface area (Å²) in [6, 6.07) is 2.92. The minimum atomic E-state index is -0.585. The lowest BCUT2D eigenvalue weighted by atomic mass is 10.0. The summed E-state index contributed by atoms with van der Waals surface area (Å²) in [6.07, 6.45) is 4.55. The van der Waals surface area contributed by atoms with Gasteiger partial charge in [0, 0.05) is 5.02 Å². The number of unbranched alkanes of at least 4 members (excludes halogenated alkanes) is 3. The first-order valence-electron chi connectivity index (χ1n) is 6.19. The van der Waals surface area contributed by atoms with Gasteiger partial charge in [-0.2, -0.15) is 0 Å². The van der Waals surface area contributed by atoms with Gasteiger partial charge in [0.2, 0.25) is 0 Å². The summed E-state index contributed by atoms with van der Waals surface area (Å²) in [5.41, 5.74) is 1.17. The molecule has 1 unspecified atom stereocenters. The van der Waals surface area contributed by atoms with E-state index in [4.69, 9.17) is 11.6 Å². The second kappa shape index (κ2) is 6.97. The quantitative estimate of drug-likeness (QED) is 0.728. The van der Waals surface area contributed by atoms with Gasteiger partial charge in [0.25, 0.3) is 0 Å². The molecule has 0 aromatic heterocycles. The van der Waals surface area contributed by atoms with Crippen molar-refractivity contribution in [1.29, 1.82) is 0 Å². The molecule has 0 spiro atoms. The molecule has 0 aliphatic carbocycles. The Kier molecular flexibility index (Phi) is 5.93. The topological polar surface area (TPSA) is 20.2 Å². The van der Waals surface area contributed by atoms with E-state index in [-0.39, 0.29) is 5.82 Å². The molecule has 17 heavy (non-hydrogen) atoms. The van der Waals surface area contributed by atoms with Crippen LogP contribution in [0.4, 0.5) is 4.39 Å². The van der Waals surface area contributed by atoms with Gasteiger partial charge in [-0.05, 0) is 36.6 Å². The fourth-order valence-electron chi connectivity index (χ4n) is 1.85. The van der Waals surface area contributed by atoms with Crippen molar-refractivity contribution in [2.75, 3.05) is 0 Å². The lowest BCUT2D eigenvalue weighted by molar-refractivity contribution is 0.163. The van der Waals surface area contributed by atoms with Crippen LogP contribution in [0.1, 0.15) is 56.3 Å². The molecule has 0 bridgehead atoms. The van der Waals surface area contributed by atoms with E-state index in [2.05, 4.69) is 6.92 Å². The van der Waals surface area contributed by atoms with Crippen LogP contribution in [0.3, 0.4) is 0 Å². The first-order chi connectivity index (χ1) is 8.06. The highest BCUT2D eigenvalue weighted by Gasteiger charge is 2.13. The standard InChI is InChI=1S/C14H20ClFO/c1-3-4-5-6-7-14(17)11-8-10(2)13(16)9-12(11)15/h8-9,14,17H,3-7H2,1-2H3. The van der Waals surface area contributed by atoms with E-state index >= 15 is 0 Å². The molecule has 1 atom stereocenters. The molecular weight excluding hydrogens is 239 g/mol. The highest BCUT2D eigenvalue weighted by atomic mass is 35.5. The average Bonchev–Trinajstić information content (AvgIpc) is 2.29. The molecule has 1 N–H and O–H groups in total. The summed E-state index contributed by atoms with van der Waals surface area (Å²) < 4.78 is 13.2. The molecule has 0 saturated carbocycles. The molecule has 0 aliphatic rings. The van der Waals surface area contributed by atoms with Gasteiger partial charge in [0.15, 0.2) is 0 Å². The van der Waals surface area contributed by atoms with Gasteiger partial charge in [0.1, 0.15) is 5.82 Å². The third-order valence-electron chi connectivity index (χ3n) is 2.97. The normalized spacial score (nSPS) is 12.8. The van der Waals surface area contributed by atoms with Gasteiger partial charge in [-0.25, -0.2) is 4.39 Å². The van der Waals surface area contributed by atoms with Crippen LogP contribution >= 0.6 is 11.6 Å². The average molecular weight is 259 g/mol. The van der Waals surface area contributed by atoms with Gasteiger partial charge < -0.3 is 5.11 Å². The Morgan fingerprint density at radius 3 is 2.65 bits per heavy atom. The monoisotopic (exact) mass is 258 g/mol. The lowest BCUT2D eigenvalue weighted by Gasteiger charge is -2.13. The fourth-order valence-corrected chi connectivity index (χ4v) is 2.13. The van der Waals surface area contributed by atoms with Gasteiger partial charge in [-0.1, -0.05) is 44.2 Å². The van der Waals surface area contributed by atoms with Crippen molar-refractivity contribution in [2.24, 2.45) is 0 Å². The van der Waals surface area contributed by atoms with Crippen molar-refractivity contribution in [3.8, 4) is 0 Å². The van der Waals surface area contributed by atoms with Gasteiger partial charge in [0.05, 0.1) is 6.10 Å². The number of hydrogen-bond donors (Lipinski definition) is 1. The number of hydrogen-bond acceptors (Lipinski definition) is 1. The molecule has 0 saturated heterocycles. The summed E-state index contributed by atoms with van der Waals surface area (Å²) in [5.74, 6) is -0.322. The number of aryl methyl sites for hydroxylation is 1. The summed E-state index contributed by atoms with van der Waals surface area (Å²) >= 11 is 5.94. The molecule has 0 amide bonds. The van der Waals surface area contributed by atoms with Crippen LogP contribution in [-0.4, -0.2) is 5.11 Å². The van der Waals surface area contributed by atoms with Gasteiger partial charge in [-0.3, -0.25) is 0 Å². The predicted octanol–water partition coefficient (Wildman–Crippen LogP) is 4.79. The Balaban J connectivity index is 2.62. The second-order valence-electron chi connectivity index (χ2n) is 4.49. The van der Waals surface area contributed by atoms with Crippen molar-refractivity contribution in [1.82, 2.24) is 0 Å². The number of aliphatic hydroxyl groups excluding tert-OH is 1. The fraction of sp³-hybridized carbons (Fsp3) is 0.571. The molecule has 96 valence electrons. The van der Waals surface area contributed by atoms with Crippen LogP contribution in [0.15, 0.2) is 12.1 Å². The molecule has 3 heteroatoms. The van der Waals surface area contributed by atoms with Crippen LogP contribution in [0, 0.1) is 12.7 Å². The Bertz CT molecular complexity index is 365. The van der Waals surface area contributed by atoms with Crippen molar-refractivity contribution in [2.45, 2.75) is 52.1 Å². The molecule has 0 aliphatic heterocycles. The number of rotatable bonds is 6. The summed E-state index contributed by atoms with van der Waals surface area (Å²) in [4.78, 5) is 0. The summed E-state index contributed by atoms with van der Waals surface area (Å²) in [7, 11) is 0. The van der Waals surface area contributed by atoms with Crippen LogP contribution in [0.5, 0.6) is 0 Å². The van der Waals surface area contributed by atoms with Crippen molar-refractivity contribution >= 4 is 11.6 Å². The number of halogens is 2. The SMILES string of the molecule is CCCCCCC(O)c1cc(C)c(F)cc1Cl. The highest BCUT2D eigenvalue weighted by Crippen LogP contribution is 2.29. The molecule has 0 radical (unpaired) electrons. The van der Waals surface area contributed by atoms with E-state index in [1.807, 2.05) is 0 Å². The number of benzene rings is 1. The Morgan fingerprint density at radius 1 is 1.29 bits per heavy atom. The Hall–Kier alpha value is -0.600. The lowest BCUT2D eigenvalue weighted by Crippen LogP contribution is -2.00. The molecule has 0 fully saturated rings. The molecule has 1 aromatic rings. The van der Waals surface area contributed by atoms with E-state index < -0.39 is 6.10 Å². The zero-order valence-corrected chi connectivity index (χ0v) is 11.2. The first-order valence-corrected chi connectivity index (χ1v) is 6.57. The predicted molar refractivity (Wildman–Crippen MR) is 69.9 cm³/mol. The van der Waals surface area contributed by atoms with E-state index in [9.17, 15) is 9.50 Å². The highest BCUT2D eigenvalue weighted by molar-refractivity contribution is 6.31. The van der Waals surface area contributed by atoms with Crippen LogP contribution < -0.4 is 0 Å². The van der Waals surface area contributed by atoms with Crippen molar-refractivity contribution < 1.29 is 9.50 Å². The minimum Gasteiger partial charge on any atom is -0.388 e. The second-order valence-corrected chi connectivity index (χ2v) is 4.90. The zero-order chi connectivity index (χ0) is 12.8. The third-order valence-corrected chi connectivity index (χ3v) is 3.30. The van der Waals surface area contributed by atoms with E-state index in [1.54, 1.807) is 13.0 Å². The molecule has 1 rings (SSSR count). The smallest absolute Gasteiger partial charge is 0.127 e. The maximum Gasteiger partial charge on any atom is 0.127 e. The maximum atomic E-state index is 13.2. The van der Waals surface area contributed by atoms with Gasteiger partial charge in [-0.15, -0.1) is 0 Å². The summed E-state index contributed by atoms with van der Waals surface area (Å²) in [5, 5.41) is 10.3. The number of aliphatic hydroxyl groups is 1. The largest absolute Gasteiger partial charge is 0.388 e. The molecule has 1 aromatic carbocycles. The third kappa shape index (κ3) is 4.29. The summed E-state index contributed by atoms with van der Waals surface area (Å²) in [6.45, 7) is 3.83. The molecule has 0 heterocycles. The van der Waals surface area contributed by atoms with Crippen LogP contribution in [0.25, 0.3) is 0 Å². The zero-order valence-electron chi connectivity index (χ0n) is 10.5. The van der Waals surface area contributed by atoms with Gasteiger partial charge >= 0.3 is 0 Å².